The molecule has 0 aromatic rings. The first-order chi connectivity index (χ1) is 6.34. The van der Waals surface area contributed by atoms with E-state index in [2.05, 4.69) is 46.6 Å². The van der Waals surface area contributed by atoms with Gasteiger partial charge in [-0.3, -0.25) is 0 Å². The highest BCUT2D eigenvalue weighted by Gasteiger charge is 2.29. The van der Waals surface area contributed by atoms with Crippen molar-refractivity contribution in [1.29, 1.82) is 0 Å². The Morgan fingerprint density at radius 1 is 1.29 bits per heavy atom. The first-order valence-electron chi connectivity index (χ1n) is 5.42. The van der Waals surface area contributed by atoms with E-state index in [9.17, 15) is 0 Å². The van der Waals surface area contributed by atoms with E-state index in [1.165, 1.54) is 11.5 Å². The fourth-order valence-corrected chi connectivity index (χ4v) is 2.04. The van der Waals surface area contributed by atoms with Crippen LogP contribution in [0.3, 0.4) is 0 Å². The van der Waals surface area contributed by atoms with Gasteiger partial charge in [-0.15, -0.1) is 0 Å². The van der Waals surface area contributed by atoms with Crippen LogP contribution in [0, 0.1) is 11.3 Å². The second kappa shape index (κ2) is 3.84. The third-order valence-electron chi connectivity index (χ3n) is 2.53. The molecule has 1 aliphatic heterocycles. The Hall–Kier alpha value is -0.660. The summed E-state index contributed by atoms with van der Waals surface area (Å²) in [5.41, 5.74) is 1.54. The molecule has 0 aliphatic carbocycles. The maximum Gasteiger partial charge on any atom is 0.118 e. The Bertz CT molecular complexity index is 235. The normalized spacial score (nSPS) is 18.9. The van der Waals surface area contributed by atoms with Crippen LogP contribution in [0.1, 0.15) is 34.6 Å². The summed E-state index contributed by atoms with van der Waals surface area (Å²) >= 11 is 0. The Balaban J connectivity index is 3.11. The molecular formula is C12H23NO. The maximum absolute atomic E-state index is 5.79. The second-order valence-electron chi connectivity index (χ2n) is 5.39. The molecule has 0 aromatic heterocycles. The van der Waals surface area contributed by atoms with Crippen LogP contribution in [-0.4, -0.2) is 25.1 Å². The lowest BCUT2D eigenvalue weighted by molar-refractivity contribution is 0.0995. The summed E-state index contributed by atoms with van der Waals surface area (Å²) in [6, 6.07) is 0. The molecule has 0 N–H and O–H groups in total. The summed E-state index contributed by atoms with van der Waals surface area (Å²) in [5.74, 6) is 1.65. The van der Waals surface area contributed by atoms with Crippen molar-refractivity contribution in [3.8, 4) is 0 Å². The maximum atomic E-state index is 5.79. The van der Waals surface area contributed by atoms with Gasteiger partial charge in [-0.05, 0) is 0 Å². The predicted molar refractivity (Wildman–Crippen MR) is 59.9 cm³/mol. The third kappa shape index (κ3) is 2.23. The average Bonchev–Trinajstić information content (AvgIpc) is 2.01. The lowest BCUT2D eigenvalue weighted by atomic mass is 9.87. The number of ether oxygens (including phenoxy) is 1. The van der Waals surface area contributed by atoms with E-state index in [0.717, 1.165) is 13.2 Å². The van der Waals surface area contributed by atoms with Crippen molar-refractivity contribution < 1.29 is 4.74 Å². The van der Waals surface area contributed by atoms with E-state index in [-0.39, 0.29) is 5.41 Å². The van der Waals surface area contributed by atoms with E-state index in [4.69, 9.17) is 4.74 Å². The van der Waals surface area contributed by atoms with Crippen LogP contribution >= 0.6 is 0 Å². The highest BCUT2D eigenvalue weighted by molar-refractivity contribution is 5.17. The molecule has 0 atom stereocenters. The van der Waals surface area contributed by atoms with Gasteiger partial charge in [-0.1, -0.05) is 34.6 Å². The Morgan fingerprint density at radius 3 is 2.21 bits per heavy atom. The zero-order valence-electron chi connectivity index (χ0n) is 10.3. The minimum atomic E-state index is 0.175. The van der Waals surface area contributed by atoms with E-state index in [1.54, 1.807) is 0 Å². The topological polar surface area (TPSA) is 12.5 Å². The largest absolute Gasteiger partial charge is 0.494 e. The number of hydrogen-bond acceptors (Lipinski definition) is 2. The summed E-state index contributed by atoms with van der Waals surface area (Å²) in [6.45, 7) is 13.0. The van der Waals surface area contributed by atoms with Crippen LogP contribution in [0.5, 0.6) is 0 Å². The molecule has 1 heterocycles. The summed E-state index contributed by atoms with van der Waals surface area (Å²) in [7, 11) is 2.16. The van der Waals surface area contributed by atoms with E-state index >= 15 is 0 Å². The molecule has 0 spiro atoms. The molecule has 0 amide bonds. The molecule has 0 saturated carbocycles. The fourth-order valence-electron chi connectivity index (χ4n) is 2.04. The van der Waals surface area contributed by atoms with E-state index in [1.807, 2.05) is 0 Å². The Morgan fingerprint density at radius 2 is 1.86 bits per heavy atom. The zero-order valence-corrected chi connectivity index (χ0v) is 10.3. The quantitative estimate of drug-likeness (QED) is 0.641. The first-order valence-corrected chi connectivity index (χ1v) is 5.42. The number of likely N-dealkylation sites (N-methyl/N-ethyl adjacent to an activating group) is 1. The molecule has 2 heteroatoms. The minimum Gasteiger partial charge on any atom is -0.494 e. The van der Waals surface area contributed by atoms with Gasteiger partial charge >= 0.3 is 0 Å². The van der Waals surface area contributed by atoms with Crippen molar-refractivity contribution >= 4 is 0 Å². The molecule has 0 saturated heterocycles. The standard InChI is InChI=1S/C12H23NO/c1-9(2)10-11(12(3,4)5)13(6)7-8-14-10/h9H,7-8H2,1-6H3. The Labute approximate surface area is 87.9 Å². The fraction of sp³-hybridized carbons (Fsp3) is 0.833. The third-order valence-corrected chi connectivity index (χ3v) is 2.53. The van der Waals surface area contributed by atoms with E-state index < -0.39 is 0 Å². The minimum absolute atomic E-state index is 0.175. The van der Waals surface area contributed by atoms with Crippen molar-refractivity contribution in [3.63, 3.8) is 0 Å². The molecule has 0 aromatic carbocycles. The monoisotopic (exact) mass is 197 g/mol. The van der Waals surface area contributed by atoms with Gasteiger partial charge in [-0.25, -0.2) is 0 Å². The van der Waals surface area contributed by atoms with Crippen molar-refractivity contribution in [3.05, 3.63) is 11.5 Å². The van der Waals surface area contributed by atoms with Crippen LogP contribution in [0.15, 0.2) is 11.5 Å². The molecule has 14 heavy (non-hydrogen) atoms. The van der Waals surface area contributed by atoms with Crippen LogP contribution in [-0.2, 0) is 4.74 Å². The number of allylic oxidation sites excluding steroid dienone is 2. The smallest absolute Gasteiger partial charge is 0.118 e. The van der Waals surface area contributed by atoms with E-state index in [0.29, 0.717) is 5.92 Å². The zero-order chi connectivity index (χ0) is 10.9. The number of hydrogen-bond donors (Lipinski definition) is 0. The molecule has 82 valence electrons. The van der Waals surface area contributed by atoms with Crippen molar-refractivity contribution in [2.75, 3.05) is 20.2 Å². The van der Waals surface area contributed by atoms with Crippen LogP contribution in [0.2, 0.25) is 0 Å². The van der Waals surface area contributed by atoms with Gasteiger partial charge in [0.05, 0.1) is 12.2 Å². The summed E-state index contributed by atoms with van der Waals surface area (Å²) in [6.07, 6.45) is 0. The molecule has 1 rings (SSSR count). The summed E-state index contributed by atoms with van der Waals surface area (Å²) < 4.78 is 5.79. The SMILES string of the molecule is CC(C)C1=C(C(C)(C)C)N(C)CCO1. The van der Waals surface area contributed by atoms with Gasteiger partial charge in [0, 0.05) is 18.4 Å². The second-order valence-corrected chi connectivity index (χ2v) is 5.39. The predicted octanol–water partition coefficient (Wildman–Crippen LogP) is 2.86. The lowest BCUT2D eigenvalue weighted by Crippen LogP contribution is -2.36. The summed E-state index contributed by atoms with van der Waals surface area (Å²) in [5, 5.41) is 0. The molecular weight excluding hydrogens is 174 g/mol. The molecule has 0 fully saturated rings. The molecule has 0 radical (unpaired) electrons. The van der Waals surface area contributed by atoms with Crippen molar-refractivity contribution in [1.82, 2.24) is 4.90 Å². The highest BCUT2D eigenvalue weighted by Crippen LogP contribution is 2.35. The highest BCUT2D eigenvalue weighted by atomic mass is 16.5. The molecule has 0 unspecified atom stereocenters. The van der Waals surface area contributed by atoms with Crippen LogP contribution in [0.4, 0.5) is 0 Å². The van der Waals surface area contributed by atoms with Crippen molar-refractivity contribution in [2.24, 2.45) is 11.3 Å². The number of rotatable bonds is 1. The van der Waals surface area contributed by atoms with Gasteiger partial charge in [0.15, 0.2) is 0 Å². The summed E-state index contributed by atoms with van der Waals surface area (Å²) in [4.78, 5) is 2.33. The van der Waals surface area contributed by atoms with Gasteiger partial charge < -0.3 is 9.64 Å². The van der Waals surface area contributed by atoms with Gasteiger partial charge in [-0.2, -0.15) is 0 Å². The number of nitrogens with zero attached hydrogens (tertiary/aromatic N) is 1. The molecule has 1 aliphatic rings. The average molecular weight is 197 g/mol. The molecule has 2 nitrogen and oxygen atoms in total. The van der Waals surface area contributed by atoms with Crippen molar-refractivity contribution in [2.45, 2.75) is 34.6 Å². The first kappa shape index (κ1) is 11.4. The Kier molecular flexibility index (Phi) is 3.13. The van der Waals surface area contributed by atoms with Gasteiger partial charge in [0.1, 0.15) is 12.4 Å². The molecule has 0 bridgehead atoms. The van der Waals surface area contributed by atoms with Gasteiger partial charge in [0.25, 0.3) is 0 Å². The lowest BCUT2D eigenvalue weighted by Gasteiger charge is -2.39. The van der Waals surface area contributed by atoms with Crippen LogP contribution < -0.4 is 0 Å². The van der Waals surface area contributed by atoms with Gasteiger partial charge in [0.2, 0.25) is 0 Å². The van der Waals surface area contributed by atoms with Crippen LogP contribution in [0.25, 0.3) is 0 Å².